The quantitative estimate of drug-likeness (QED) is 0.861. The largest absolute Gasteiger partial charge is 0.503 e. The average Bonchev–Trinajstić information content (AvgIpc) is 3.26. The monoisotopic (exact) mass is 384 g/mol. The zero-order valence-electron chi connectivity index (χ0n) is 17.3. The molecule has 1 N–H and O–H groups in total. The zero-order valence-corrected chi connectivity index (χ0v) is 17.3. The molecule has 1 spiro atoms. The van der Waals surface area contributed by atoms with Crippen molar-refractivity contribution in [3.63, 3.8) is 0 Å². The summed E-state index contributed by atoms with van der Waals surface area (Å²) in [4.78, 5) is 17.8. The highest BCUT2D eigenvalue weighted by Gasteiger charge is 2.68. The third-order valence-corrected chi connectivity index (χ3v) is 8.54. The summed E-state index contributed by atoms with van der Waals surface area (Å²) in [5.41, 5.74) is 2.20. The molecule has 3 aliphatic heterocycles. The van der Waals surface area contributed by atoms with Gasteiger partial charge in [0.05, 0.1) is 12.8 Å². The van der Waals surface area contributed by atoms with E-state index in [0.717, 1.165) is 25.1 Å². The smallest absolute Gasteiger partial charge is 0.227 e. The molecule has 28 heavy (non-hydrogen) atoms. The van der Waals surface area contributed by atoms with E-state index in [0.29, 0.717) is 23.6 Å². The van der Waals surface area contributed by atoms with Crippen LogP contribution < -0.4 is 9.64 Å². The van der Waals surface area contributed by atoms with Gasteiger partial charge >= 0.3 is 0 Å². The first-order valence-electron chi connectivity index (χ1n) is 11.0. The van der Waals surface area contributed by atoms with Crippen LogP contribution in [0.4, 0.5) is 5.69 Å². The highest BCUT2D eigenvalue weighted by atomic mass is 16.5. The molecule has 4 aliphatic rings. The number of phenols is 1. The summed E-state index contributed by atoms with van der Waals surface area (Å²) < 4.78 is 5.41. The summed E-state index contributed by atoms with van der Waals surface area (Å²) in [6.07, 6.45) is 7.51. The minimum atomic E-state index is -0.0569. The van der Waals surface area contributed by atoms with Gasteiger partial charge in [-0.2, -0.15) is 0 Å². The molecule has 3 fully saturated rings. The molecule has 0 radical (unpaired) electrons. The summed E-state index contributed by atoms with van der Waals surface area (Å²) in [5, 5.41) is 11.1. The van der Waals surface area contributed by atoms with Crippen molar-refractivity contribution in [2.45, 2.75) is 76.3 Å². The van der Waals surface area contributed by atoms with Gasteiger partial charge in [-0.15, -0.1) is 0 Å². The van der Waals surface area contributed by atoms with E-state index in [9.17, 15) is 9.90 Å². The van der Waals surface area contributed by atoms with Gasteiger partial charge in [0.1, 0.15) is 0 Å². The number of piperidine rings is 1. The first-order valence-corrected chi connectivity index (χ1v) is 11.0. The second-order valence-corrected chi connectivity index (χ2v) is 9.23. The van der Waals surface area contributed by atoms with Gasteiger partial charge in [0.15, 0.2) is 11.5 Å². The molecule has 0 unspecified atom stereocenters. The van der Waals surface area contributed by atoms with E-state index in [1.807, 2.05) is 17.9 Å². The molecule has 5 heteroatoms. The van der Waals surface area contributed by atoms with Gasteiger partial charge in [-0.25, -0.2) is 0 Å². The minimum Gasteiger partial charge on any atom is -0.503 e. The molecule has 5 nitrogen and oxygen atoms in total. The van der Waals surface area contributed by atoms with Crippen molar-refractivity contribution in [3.8, 4) is 11.5 Å². The van der Waals surface area contributed by atoms with Crippen LogP contribution in [0.2, 0.25) is 0 Å². The number of amides is 1. The Labute approximate surface area is 167 Å². The highest BCUT2D eigenvalue weighted by molar-refractivity contribution is 6.00. The van der Waals surface area contributed by atoms with E-state index in [4.69, 9.17) is 4.74 Å². The van der Waals surface area contributed by atoms with Crippen LogP contribution in [0.1, 0.15) is 64.4 Å². The van der Waals surface area contributed by atoms with Gasteiger partial charge in [0.25, 0.3) is 0 Å². The lowest BCUT2D eigenvalue weighted by molar-refractivity contribution is -0.119. The van der Waals surface area contributed by atoms with Crippen LogP contribution in [0.25, 0.3) is 0 Å². The predicted octanol–water partition coefficient (Wildman–Crippen LogP) is 3.82. The van der Waals surface area contributed by atoms with Crippen molar-refractivity contribution in [3.05, 3.63) is 17.7 Å². The number of methoxy groups -OCH3 is 1. The zero-order chi connectivity index (χ0) is 19.7. The molecule has 1 aliphatic carbocycles. The van der Waals surface area contributed by atoms with Crippen molar-refractivity contribution in [2.75, 3.05) is 25.1 Å². The maximum Gasteiger partial charge on any atom is 0.227 e. The minimum absolute atomic E-state index is 0.0569. The normalized spacial score (nSPS) is 36.0. The number of anilines is 1. The lowest BCUT2D eigenvalue weighted by Crippen LogP contribution is -2.65. The first-order chi connectivity index (χ1) is 13.5. The Morgan fingerprint density at radius 1 is 1.25 bits per heavy atom. The number of nitrogens with zero attached hydrogens (tertiary/aromatic N) is 2. The lowest BCUT2D eigenvalue weighted by Gasteiger charge is -2.58. The second kappa shape index (κ2) is 6.12. The fourth-order valence-electron chi connectivity index (χ4n) is 7.50. The van der Waals surface area contributed by atoms with E-state index in [-0.39, 0.29) is 23.1 Å². The molecule has 152 valence electrons. The number of rotatable bonds is 3. The van der Waals surface area contributed by atoms with Gasteiger partial charge in [-0.05, 0) is 68.7 Å². The Morgan fingerprint density at radius 3 is 2.79 bits per heavy atom. The van der Waals surface area contributed by atoms with Crippen LogP contribution in [-0.4, -0.2) is 48.2 Å². The molecule has 1 aromatic carbocycles. The number of hydrogen-bond donors (Lipinski definition) is 1. The summed E-state index contributed by atoms with van der Waals surface area (Å²) in [6, 6.07) is 4.67. The van der Waals surface area contributed by atoms with Crippen LogP contribution >= 0.6 is 0 Å². The number of ether oxygens (including phenoxy) is 1. The number of benzene rings is 1. The fraction of sp³-hybridized carbons (Fsp3) is 0.696. The third-order valence-electron chi connectivity index (χ3n) is 8.54. The van der Waals surface area contributed by atoms with Crippen LogP contribution in [0.3, 0.4) is 0 Å². The van der Waals surface area contributed by atoms with Crippen LogP contribution in [0, 0.1) is 5.41 Å². The van der Waals surface area contributed by atoms with Crippen LogP contribution in [0.5, 0.6) is 11.5 Å². The lowest BCUT2D eigenvalue weighted by atomic mass is 9.52. The Morgan fingerprint density at radius 2 is 2.07 bits per heavy atom. The van der Waals surface area contributed by atoms with Crippen molar-refractivity contribution in [2.24, 2.45) is 5.41 Å². The summed E-state index contributed by atoms with van der Waals surface area (Å²) in [5.74, 6) is 0.717. The van der Waals surface area contributed by atoms with Gasteiger partial charge in [-0.3, -0.25) is 9.69 Å². The molecule has 1 saturated carbocycles. The van der Waals surface area contributed by atoms with Crippen LogP contribution in [-0.2, 0) is 10.2 Å². The molecule has 0 bridgehead atoms. The third kappa shape index (κ3) is 1.99. The van der Waals surface area contributed by atoms with Crippen molar-refractivity contribution in [1.29, 1.82) is 0 Å². The molecule has 4 atom stereocenters. The maximum absolute atomic E-state index is 13.1. The SMILES string of the molecule is CCC(=O)N1c2c(ccc(OC)c2O)[C@]23CCN4CCC[C@](CC)(CC[C@@H]12)[C@@H]43. The number of carbonyl (C=O) groups excluding carboxylic acids is 1. The topological polar surface area (TPSA) is 53.0 Å². The summed E-state index contributed by atoms with van der Waals surface area (Å²) >= 11 is 0. The molecule has 0 aromatic heterocycles. The number of fused-ring (bicyclic) bond motifs is 1. The fourth-order valence-corrected chi connectivity index (χ4v) is 7.50. The molecule has 1 aromatic rings. The standard InChI is InChI=1S/C23H32N2O3/c1-4-18(26)25-17-9-11-22(5-2)10-6-13-24-14-12-23(17,21(22)24)15-7-8-16(28-3)20(27)19(15)25/h7-8,17,21,27H,4-6,9-14H2,1-3H3/t17-,21-,22-,23-/m1/s1. The van der Waals surface area contributed by atoms with Gasteiger partial charge in [0, 0.05) is 23.9 Å². The van der Waals surface area contributed by atoms with Gasteiger partial charge in [-0.1, -0.05) is 19.9 Å². The molecule has 3 heterocycles. The van der Waals surface area contributed by atoms with Crippen molar-refractivity contribution < 1.29 is 14.6 Å². The number of aromatic hydroxyl groups is 1. The van der Waals surface area contributed by atoms with E-state index in [1.165, 1.54) is 37.8 Å². The molecular weight excluding hydrogens is 352 g/mol. The van der Waals surface area contributed by atoms with Crippen molar-refractivity contribution in [1.82, 2.24) is 4.90 Å². The van der Waals surface area contributed by atoms with Gasteiger partial charge in [0.2, 0.25) is 5.91 Å². The van der Waals surface area contributed by atoms with Crippen LogP contribution in [0.15, 0.2) is 12.1 Å². The Balaban J connectivity index is 1.76. The Hall–Kier alpha value is -1.75. The van der Waals surface area contributed by atoms with E-state index in [1.54, 1.807) is 7.11 Å². The van der Waals surface area contributed by atoms with E-state index >= 15 is 0 Å². The maximum atomic E-state index is 13.1. The Bertz CT molecular complexity index is 824. The number of hydrogen-bond acceptors (Lipinski definition) is 4. The number of carbonyl (C=O) groups is 1. The summed E-state index contributed by atoms with van der Waals surface area (Å²) in [6.45, 7) is 6.54. The molecular formula is C23H32N2O3. The molecule has 1 amide bonds. The molecule has 5 rings (SSSR count). The first kappa shape index (κ1) is 18.3. The van der Waals surface area contributed by atoms with Crippen molar-refractivity contribution >= 4 is 11.6 Å². The molecule has 2 saturated heterocycles. The highest BCUT2D eigenvalue weighted by Crippen LogP contribution is 2.67. The Kier molecular flexibility index (Phi) is 4.00. The summed E-state index contributed by atoms with van der Waals surface area (Å²) in [7, 11) is 1.58. The second-order valence-electron chi connectivity index (χ2n) is 9.23. The van der Waals surface area contributed by atoms with E-state index in [2.05, 4.69) is 17.9 Å². The average molecular weight is 385 g/mol. The van der Waals surface area contributed by atoms with E-state index < -0.39 is 0 Å². The van der Waals surface area contributed by atoms with Gasteiger partial charge < -0.3 is 14.7 Å². The predicted molar refractivity (Wildman–Crippen MR) is 109 cm³/mol. The number of phenolic OH excluding ortho intramolecular Hbond substituents is 1.